The fourth-order valence-electron chi connectivity index (χ4n) is 1.80. The van der Waals surface area contributed by atoms with Gasteiger partial charge in [-0.25, -0.2) is 10.3 Å². The number of carbonyl (C=O) groups excluding carboxylic acids is 2. The summed E-state index contributed by atoms with van der Waals surface area (Å²) in [6.07, 6.45) is -0.630. The third-order valence-corrected chi connectivity index (χ3v) is 2.88. The molecular formula is C17H26N2O4. The molecule has 2 N–H and O–H groups in total. The highest BCUT2D eigenvalue weighted by Gasteiger charge is 2.27. The first-order valence-corrected chi connectivity index (χ1v) is 7.64. The van der Waals surface area contributed by atoms with Gasteiger partial charge in [0.05, 0.1) is 6.61 Å². The predicted molar refractivity (Wildman–Crippen MR) is 87.4 cm³/mol. The fourth-order valence-corrected chi connectivity index (χ4v) is 1.80. The van der Waals surface area contributed by atoms with Crippen LogP contribution >= 0.6 is 0 Å². The number of hydroxylamine groups is 1. The summed E-state index contributed by atoms with van der Waals surface area (Å²) in [6.45, 7) is 9.21. The fraction of sp³-hybridized carbons (Fsp3) is 0.529. The van der Waals surface area contributed by atoms with Gasteiger partial charge in [-0.2, -0.15) is 0 Å². The van der Waals surface area contributed by atoms with Crippen LogP contribution < -0.4 is 10.8 Å². The minimum absolute atomic E-state index is 0.108. The van der Waals surface area contributed by atoms with Crippen molar-refractivity contribution in [1.29, 1.82) is 0 Å². The second-order valence-electron chi connectivity index (χ2n) is 6.61. The number of nitrogens with one attached hydrogen (secondary N) is 2. The molecule has 23 heavy (non-hydrogen) atoms. The van der Waals surface area contributed by atoms with Crippen LogP contribution in [0.5, 0.6) is 0 Å². The molecule has 0 fully saturated rings. The lowest BCUT2D eigenvalue weighted by molar-refractivity contribution is -0.137. The van der Waals surface area contributed by atoms with Crippen LogP contribution in [0, 0.1) is 5.92 Å². The minimum atomic E-state index is -0.736. The summed E-state index contributed by atoms with van der Waals surface area (Å²) >= 11 is 0. The summed E-state index contributed by atoms with van der Waals surface area (Å²) in [5.41, 5.74) is 2.69. The van der Waals surface area contributed by atoms with Crippen LogP contribution in [-0.4, -0.2) is 23.6 Å². The number of benzene rings is 1. The molecule has 0 spiro atoms. The summed E-state index contributed by atoms with van der Waals surface area (Å²) in [6, 6.07) is 8.74. The van der Waals surface area contributed by atoms with Gasteiger partial charge in [0.15, 0.2) is 0 Å². The first-order valence-electron chi connectivity index (χ1n) is 7.64. The van der Waals surface area contributed by atoms with Gasteiger partial charge in [0, 0.05) is 0 Å². The van der Waals surface area contributed by atoms with Gasteiger partial charge < -0.3 is 10.1 Å². The molecule has 0 unspecified atom stereocenters. The number of hydrogen-bond donors (Lipinski definition) is 2. The average molecular weight is 322 g/mol. The number of rotatable bonds is 6. The van der Waals surface area contributed by atoms with Crippen LogP contribution in [0.2, 0.25) is 0 Å². The molecule has 1 atom stereocenters. The van der Waals surface area contributed by atoms with Gasteiger partial charge in [-0.15, -0.1) is 0 Å². The van der Waals surface area contributed by atoms with Crippen LogP contribution in [-0.2, 0) is 21.0 Å². The lowest BCUT2D eigenvalue weighted by atomic mass is 10.0. The summed E-state index contributed by atoms with van der Waals surface area (Å²) in [7, 11) is 0. The molecule has 0 radical (unpaired) electrons. The molecule has 0 aliphatic carbocycles. The topological polar surface area (TPSA) is 76.7 Å². The van der Waals surface area contributed by atoms with Gasteiger partial charge in [0.25, 0.3) is 5.91 Å². The van der Waals surface area contributed by atoms with Gasteiger partial charge in [-0.3, -0.25) is 9.63 Å². The summed E-state index contributed by atoms with van der Waals surface area (Å²) < 4.78 is 5.17. The molecule has 128 valence electrons. The quantitative estimate of drug-likeness (QED) is 0.790. The van der Waals surface area contributed by atoms with E-state index in [4.69, 9.17) is 9.57 Å². The zero-order valence-corrected chi connectivity index (χ0v) is 14.4. The number of amides is 2. The number of carbonyl (C=O) groups is 2. The summed E-state index contributed by atoms with van der Waals surface area (Å²) in [5, 5.41) is 2.57. The maximum atomic E-state index is 12.2. The Morgan fingerprint density at radius 3 is 2.26 bits per heavy atom. The van der Waals surface area contributed by atoms with Gasteiger partial charge in [0.1, 0.15) is 11.6 Å². The monoisotopic (exact) mass is 322 g/mol. The van der Waals surface area contributed by atoms with E-state index in [0.29, 0.717) is 0 Å². The number of alkyl carbamates (subject to hydrolysis) is 1. The van der Waals surface area contributed by atoms with Crippen LogP contribution in [0.1, 0.15) is 40.2 Å². The smallest absolute Gasteiger partial charge is 0.408 e. The molecule has 1 aromatic rings. The Kier molecular flexibility index (Phi) is 7.03. The minimum Gasteiger partial charge on any atom is -0.444 e. The molecule has 2 amide bonds. The molecule has 0 aliphatic rings. The van der Waals surface area contributed by atoms with E-state index in [9.17, 15) is 9.59 Å². The van der Waals surface area contributed by atoms with Crippen molar-refractivity contribution in [2.45, 2.75) is 52.9 Å². The summed E-state index contributed by atoms with van der Waals surface area (Å²) in [4.78, 5) is 29.2. The predicted octanol–water partition coefficient (Wildman–Crippen LogP) is 2.78. The molecule has 6 nitrogen and oxygen atoms in total. The molecular weight excluding hydrogens is 296 g/mol. The average Bonchev–Trinajstić information content (AvgIpc) is 2.43. The molecule has 0 bridgehead atoms. The molecule has 0 heterocycles. The van der Waals surface area contributed by atoms with Crippen molar-refractivity contribution in [3.05, 3.63) is 35.9 Å². The van der Waals surface area contributed by atoms with Crippen LogP contribution in [0.4, 0.5) is 4.79 Å². The molecule has 0 aromatic heterocycles. The molecule has 0 saturated heterocycles. The Labute approximate surface area is 137 Å². The van der Waals surface area contributed by atoms with E-state index in [-0.39, 0.29) is 12.5 Å². The Morgan fingerprint density at radius 2 is 1.74 bits per heavy atom. The van der Waals surface area contributed by atoms with Crippen molar-refractivity contribution >= 4 is 12.0 Å². The van der Waals surface area contributed by atoms with E-state index in [1.165, 1.54) is 0 Å². The molecule has 1 aromatic carbocycles. The maximum absolute atomic E-state index is 12.2. The molecule has 0 aliphatic heterocycles. The van der Waals surface area contributed by atoms with Crippen molar-refractivity contribution in [2.24, 2.45) is 5.92 Å². The van der Waals surface area contributed by atoms with Crippen molar-refractivity contribution in [3.8, 4) is 0 Å². The van der Waals surface area contributed by atoms with E-state index < -0.39 is 23.6 Å². The van der Waals surface area contributed by atoms with Crippen molar-refractivity contribution in [3.63, 3.8) is 0 Å². The SMILES string of the molecule is CC(C)[C@H](NC(=O)OC(C)(C)C)C(=O)NOCc1ccccc1. The Morgan fingerprint density at radius 1 is 1.13 bits per heavy atom. The summed E-state index contributed by atoms with van der Waals surface area (Å²) in [5.74, 6) is -0.523. The van der Waals surface area contributed by atoms with E-state index >= 15 is 0 Å². The van der Waals surface area contributed by atoms with Gasteiger partial charge >= 0.3 is 6.09 Å². The Balaban J connectivity index is 2.49. The standard InChI is InChI=1S/C17H26N2O4/c1-12(2)14(18-16(21)23-17(3,4)5)15(20)19-22-11-13-9-7-6-8-10-13/h6-10,12,14H,11H2,1-5H3,(H,18,21)(H,19,20)/t14-/m0/s1. The van der Waals surface area contributed by atoms with E-state index in [0.717, 1.165) is 5.56 Å². The zero-order valence-electron chi connectivity index (χ0n) is 14.4. The Bertz CT molecular complexity index is 509. The number of hydrogen-bond acceptors (Lipinski definition) is 4. The number of ether oxygens (including phenoxy) is 1. The third-order valence-electron chi connectivity index (χ3n) is 2.88. The first-order chi connectivity index (χ1) is 10.7. The highest BCUT2D eigenvalue weighted by Crippen LogP contribution is 2.09. The van der Waals surface area contributed by atoms with E-state index in [2.05, 4.69) is 10.8 Å². The highest BCUT2D eigenvalue weighted by molar-refractivity contribution is 5.85. The molecule has 6 heteroatoms. The van der Waals surface area contributed by atoms with Crippen LogP contribution in [0.15, 0.2) is 30.3 Å². The second kappa shape index (κ2) is 8.53. The second-order valence-corrected chi connectivity index (χ2v) is 6.61. The highest BCUT2D eigenvalue weighted by atomic mass is 16.7. The molecule has 0 saturated carbocycles. The molecule has 1 rings (SSSR count). The lowest BCUT2D eigenvalue weighted by Gasteiger charge is -2.25. The van der Waals surface area contributed by atoms with Gasteiger partial charge in [-0.05, 0) is 32.3 Å². The largest absolute Gasteiger partial charge is 0.444 e. The van der Waals surface area contributed by atoms with E-state index in [1.807, 2.05) is 44.2 Å². The third kappa shape index (κ3) is 7.65. The maximum Gasteiger partial charge on any atom is 0.408 e. The van der Waals surface area contributed by atoms with Crippen molar-refractivity contribution in [1.82, 2.24) is 10.8 Å². The van der Waals surface area contributed by atoms with Crippen molar-refractivity contribution < 1.29 is 19.2 Å². The Hall–Kier alpha value is -2.08. The van der Waals surface area contributed by atoms with Gasteiger partial charge in [0.2, 0.25) is 0 Å². The lowest BCUT2D eigenvalue weighted by Crippen LogP contribution is -2.50. The first kappa shape index (κ1) is 19.0. The van der Waals surface area contributed by atoms with E-state index in [1.54, 1.807) is 20.8 Å². The van der Waals surface area contributed by atoms with Gasteiger partial charge in [-0.1, -0.05) is 44.2 Å². The van der Waals surface area contributed by atoms with Crippen molar-refractivity contribution in [2.75, 3.05) is 0 Å². The van der Waals surface area contributed by atoms with Crippen LogP contribution in [0.25, 0.3) is 0 Å². The normalized spacial score (nSPS) is 12.6. The zero-order chi connectivity index (χ0) is 17.5. The van der Waals surface area contributed by atoms with Crippen LogP contribution in [0.3, 0.4) is 0 Å².